The van der Waals surface area contributed by atoms with E-state index in [1.165, 1.54) is 5.56 Å². The average Bonchev–Trinajstić information content (AvgIpc) is 2.61. The molecule has 1 aromatic rings. The highest BCUT2D eigenvalue weighted by Gasteiger charge is 2.12. The first-order chi connectivity index (χ1) is 11.7. The minimum atomic E-state index is 0.0615. The van der Waals surface area contributed by atoms with Crippen LogP contribution in [0, 0.1) is 0 Å². The van der Waals surface area contributed by atoms with Crippen LogP contribution in [-0.4, -0.2) is 50.1 Å². The molecule has 1 aliphatic rings. The van der Waals surface area contributed by atoms with E-state index in [1.807, 2.05) is 13.0 Å². The third kappa shape index (κ3) is 6.13. The van der Waals surface area contributed by atoms with Gasteiger partial charge >= 0.3 is 0 Å². The fourth-order valence-corrected chi connectivity index (χ4v) is 2.87. The number of hydrogen-bond acceptors (Lipinski definition) is 4. The lowest BCUT2D eigenvalue weighted by Crippen LogP contribution is -2.44. The van der Waals surface area contributed by atoms with E-state index in [2.05, 4.69) is 34.6 Å². The zero-order chi connectivity index (χ0) is 17.2. The number of nitrogens with zero attached hydrogens (tertiary/aromatic N) is 1. The topological polar surface area (TPSA) is 53.6 Å². The molecule has 1 heterocycles. The minimum Gasteiger partial charge on any atom is -0.492 e. The van der Waals surface area contributed by atoms with Crippen molar-refractivity contribution in [2.24, 2.45) is 0 Å². The lowest BCUT2D eigenvalue weighted by Gasteiger charge is -2.27. The van der Waals surface area contributed by atoms with Crippen LogP contribution in [0.5, 0.6) is 5.75 Å². The highest BCUT2D eigenvalue weighted by atomic mass is 16.5. The lowest BCUT2D eigenvalue weighted by atomic mass is 10.1. The average molecular weight is 333 g/mol. The van der Waals surface area contributed by atoms with Crippen molar-refractivity contribution in [1.29, 1.82) is 0 Å². The zero-order valence-electron chi connectivity index (χ0n) is 15.1. The van der Waals surface area contributed by atoms with Gasteiger partial charge in [-0.15, -0.1) is 0 Å². The Morgan fingerprint density at radius 3 is 2.79 bits per heavy atom. The van der Waals surface area contributed by atoms with Gasteiger partial charge in [0.15, 0.2) is 0 Å². The van der Waals surface area contributed by atoms with E-state index in [1.54, 1.807) is 0 Å². The van der Waals surface area contributed by atoms with Crippen LogP contribution in [-0.2, 0) is 11.2 Å². The summed E-state index contributed by atoms with van der Waals surface area (Å²) in [5, 5.41) is 6.36. The van der Waals surface area contributed by atoms with Crippen LogP contribution in [0.1, 0.15) is 38.7 Å². The van der Waals surface area contributed by atoms with Crippen molar-refractivity contribution >= 4 is 11.6 Å². The Morgan fingerprint density at radius 1 is 1.29 bits per heavy atom. The van der Waals surface area contributed by atoms with Crippen LogP contribution in [0.15, 0.2) is 18.2 Å². The smallest absolute Gasteiger partial charge is 0.224 e. The predicted molar refractivity (Wildman–Crippen MR) is 98.8 cm³/mol. The van der Waals surface area contributed by atoms with Crippen molar-refractivity contribution in [2.75, 3.05) is 44.6 Å². The van der Waals surface area contributed by atoms with E-state index in [4.69, 9.17) is 4.74 Å². The van der Waals surface area contributed by atoms with Gasteiger partial charge in [0.2, 0.25) is 5.91 Å². The quantitative estimate of drug-likeness (QED) is 0.729. The third-order valence-electron chi connectivity index (χ3n) is 4.30. The molecule has 2 N–H and O–H groups in total. The van der Waals surface area contributed by atoms with Gasteiger partial charge in [-0.2, -0.15) is 0 Å². The minimum absolute atomic E-state index is 0.0615. The van der Waals surface area contributed by atoms with Crippen molar-refractivity contribution in [3.05, 3.63) is 23.8 Å². The predicted octanol–water partition coefficient (Wildman–Crippen LogP) is 2.66. The van der Waals surface area contributed by atoms with E-state index >= 15 is 0 Å². The van der Waals surface area contributed by atoms with Gasteiger partial charge in [-0.05, 0) is 37.5 Å². The zero-order valence-corrected chi connectivity index (χ0v) is 15.1. The van der Waals surface area contributed by atoms with E-state index in [0.29, 0.717) is 13.0 Å². The maximum Gasteiger partial charge on any atom is 0.224 e. The molecule has 1 fully saturated rings. The number of hydrogen-bond donors (Lipinski definition) is 2. The Balaban J connectivity index is 1.95. The summed E-state index contributed by atoms with van der Waals surface area (Å²) in [4.78, 5) is 14.4. The number of carbonyl (C=O) groups excluding carboxylic acids is 1. The molecule has 0 atom stereocenters. The summed E-state index contributed by atoms with van der Waals surface area (Å²) in [5.74, 6) is 0.839. The summed E-state index contributed by atoms with van der Waals surface area (Å²) in [6.07, 6.45) is 3.51. The molecule has 5 nitrogen and oxygen atoms in total. The summed E-state index contributed by atoms with van der Waals surface area (Å²) in [6, 6.07) is 6.14. The van der Waals surface area contributed by atoms with Crippen molar-refractivity contribution in [3.8, 4) is 5.75 Å². The maximum absolute atomic E-state index is 12.0. The van der Waals surface area contributed by atoms with Gasteiger partial charge in [0.1, 0.15) is 5.75 Å². The summed E-state index contributed by atoms with van der Waals surface area (Å²) in [7, 11) is 0. The van der Waals surface area contributed by atoms with Crippen molar-refractivity contribution in [2.45, 2.75) is 39.5 Å². The van der Waals surface area contributed by atoms with E-state index in [0.717, 1.165) is 63.4 Å². The normalized spacial score (nSPS) is 15.2. The van der Waals surface area contributed by atoms with Crippen molar-refractivity contribution < 1.29 is 9.53 Å². The molecule has 1 aromatic carbocycles. The maximum atomic E-state index is 12.0. The Labute approximate surface area is 145 Å². The van der Waals surface area contributed by atoms with Crippen LogP contribution < -0.4 is 15.4 Å². The number of benzene rings is 1. The Morgan fingerprint density at radius 2 is 2.08 bits per heavy atom. The molecular formula is C19H31N3O2. The molecule has 5 heteroatoms. The lowest BCUT2D eigenvalue weighted by molar-refractivity contribution is -0.116. The Kier molecular flexibility index (Phi) is 8.05. The number of rotatable bonds is 9. The highest BCUT2D eigenvalue weighted by molar-refractivity contribution is 5.92. The van der Waals surface area contributed by atoms with Gasteiger partial charge in [0.25, 0.3) is 0 Å². The molecular weight excluding hydrogens is 302 g/mol. The molecule has 2 rings (SSSR count). The second kappa shape index (κ2) is 10.3. The number of ether oxygens (including phenoxy) is 1. The van der Waals surface area contributed by atoms with Gasteiger partial charge in [-0.3, -0.25) is 4.79 Å². The summed E-state index contributed by atoms with van der Waals surface area (Å²) in [6.45, 7) is 10.1. The molecule has 0 aliphatic carbocycles. The van der Waals surface area contributed by atoms with Crippen LogP contribution in [0.25, 0.3) is 0 Å². The number of carbonyl (C=O) groups is 1. The van der Waals surface area contributed by atoms with Crippen LogP contribution in [0.4, 0.5) is 5.69 Å². The fraction of sp³-hybridized carbons (Fsp3) is 0.632. The molecule has 0 radical (unpaired) electrons. The largest absolute Gasteiger partial charge is 0.492 e. The number of unbranched alkanes of at least 4 members (excludes halogenated alkanes) is 1. The molecule has 0 aromatic heterocycles. The third-order valence-corrected chi connectivity index (χ3v) is 4.30. The SMILES string of the molecule is CCCCC(=O)Nc1ccc(CCN2CCNCC2)cc1OCC. The van der Waals surface area contributed by atoms with Crippen LogP contribution in [0.2, 0.25) is 0 Å². The number of anilines is 1. The number of nitrogens with one attached hydrogen (secondary N) is 2. The molecule has 1 saturated heterocycles. The molecule has 0 saturated carbocycles. The molecule has 0 spiro atoms. The molecule has 24 heavy (non-hydrogen) atoms. The molecule has 0 unspecified atom stereocenters. The second-order valence-electron chi connectivity index (χ2n) is 6.26. The summed E-state index contributed by atoms with van der Waals surface area (Å²) >= 11 is 0. The fourth-order valence-electron chi connectivity index (χ4n) is 2.87. The monoisotopic (exact) mass is 333 g/mol. The van der Waals surface area contributed by atoms with E-state index < -0.39 is 0 Å². The molecule has 134 valence electrons. The van der Waals surface area contributed by atoms with Crippen molar-refractivity contribution in [3.63, 3.8) is 0 Å². The van der Waals surface area contributed by atoms with Crippen molar-refractivity contribution in [1.82, 2.24) is 10.2 Å². The summed E-state index contributed by atoms with van der Waals surface area (Å²) in [5.41, 5.74) is 2.03. The van der Waals surface area contributed by atoms with E-state index in [-0.39, 0.29) is 5.91 Å². The second-order valence-corrected chi connectivity index (χ2v) is 6.26. The first kappa shape index (κ1) is 18.7. The van der Waals surface area contributed by atoms with Gasteiger partial charge in [-0.25, -0.2) is 0 Å². The van der Waals surface area contributed by atoms with Gasteiger partial charge in [-0.1, -0.05) is 19.4 Å². The Hall–Kier alpha value is -1.59. The van der Waals surface area contributed by atoms with Gasteiger partial charge in [0.05, 0.1) is 12.3 Å². The first-order valence-electron chi connectivity index (χ1n) is 9.21. The van der Waals surface area contributed by atoms with E-state index in [9.17, 15) is 4.79 Å². The van der Waals surface area contributed by atoms with Gasteiger partial charge < -0.3 is 20.3 Å². The van der Waals surface area contributed by atoms with Gasteiger partial charge in [0, 0.05) is 39.1 Å². The standard InChI is InChI=1S/C19H31N3O2/c1-3-5-6-19(23)21-17-8-7-16(15-18(17)24-4-2)9-12-22-13-10-20-11-14-22/h7-8,15,20H,3-6,9-14H2,1-2H3,(H,21,23). The highest BCUT2D eigenvalue weighted by Crippen LogP contribution is 2.26. The molecule has 0 bridgehead atoms. The van der Waals surface area contributed by atoms with Crippen LogP contribution in [0.3, 0.4) is 0 Å². The number of piperazine rings is 1. The van der Waals surface area contributed by atoms with Crippen LogP contribution >= 0.6 is 0 Å². The molecule has 1 aliphatic heterocycles. The molecule has 1 amide bonds. The Bertz CT molecular complexity index is 513. The summed E-state index contributed by atoms with van der Waals surface area (Å²) < 4.78 is 5.74. The first-order valence-corrected chi connectivity index (χ1v) is 9.21. The number of amides is 1.